The Bertz CT molecular complexity index is 560. The van der Waals surface area contributed by atoms with Crippen LogP contribution in [0.15, 0.2) is 30.4 Å². The predicted octanol–water partition coefficient (Wildman–Crippen LogP) is 3.08. The van der Waals surface area contributed by atoms with Crippen LogP contribution in [0.5, 0.6) is 0 Å². The second-order valence-electron chi connectivity index (χ2n) is 5.82. The third-order valence-corrected chi connectivity index (χ3v) is 4.55. The highest BCUT2D eigenvalue weighted by Crippen LogP contribution is 2.25. The van der Waals surface area contributed by atoms with Crippen LogP contribution in [0.1, 0.15) is 18.4 Å². The largest absolute Gasteiger partial charge is 0.379 e. The van der Waals surface area contributed by atoms with Crippen LogP contribution in [-0.4, -0.2) is 37.1 Å². The molecule has 1 aromatic carbocycles. The second-order valence-corrected chi connectivity index (χ2v) is 6.23. The molecular weight excluding hydrogens is 300 g/mol. The summed E-state index contributed by atoms with van der Waals surface area (Å²) in [6, 6.07) is 5.78. The van der Waals surface area contributed by atoms with E-state index >= 15 is 0 Å². The van der Waals surface area contributed by atoms with Crippen molar-refractivity contribution in [1.29, 1.82) is 0 Å². The number of benzene rings is 1. The van der Waals surface area contributed by atoms with Gasteiger partial charge in [-0.05, 0) is 30.5 Å². The molecule has 0 unspecified atom stereocenters. The molecule has 0 aromatic heterocycles. The summed E-state index contributed by atoms with van der Waals surface area (Å²) in [4.78, 5) is 14.4. The van der Waals surface area contributed by atoms with Crippen LogP contribution >= 0.6 is 11.6 Å². The van der Waals surface area contributed by atoms with Crippen molar-refractivity contribution in [2.75, 3.05) is 31.6 Å². The van der Waals surface area contributed by atoms with E-state index in [-0.39, 0.29) is 11.8 Å². The lowest BCUT2D eigenvalue weighted by molar-refractivity contribution is -0.119. The molecule has 0 atom stereocenters. The van der Waals surface area contributed by atoms with Gasteiger partial charge in [-0.2, -0.15) is 0 Å². The summed E-state index contributed by atoms with van der Waals surface area (Å²) in [5, 5.41) is 3.66. The molecular formula is C17H21ClN2O2. The zero-order valence-electron chi connectivity index (χ0n) is 12.6. The minimum absolute atomic E-state index is 0.0619. The Kier molecular flexibility index (Phi) is 5.13. The number of carbonyl (C=O) groups is 1. The lowest BCUT2D eigenvalue weighted by Crippen LogP contribution is -2.35. The molecule has 118 valence electrons. The van der Waals surface area contributed by atoms with E-state index in [2.05, 4.69) is 22.4 Å². The summed E-state index contributed by atoms with van der Waals surface area (Å²) in [6.45, 7) is 4.25. The molecule has 4 nitrogen and oxygen atoms in total. The highest BCUT2D eigenvalue weighted by atomic mass is 35.5. The smallest absolute Gasteiger partial charge is 0.228 e. The van der Waals surface area contributed by atoms with Crippen LogP contribution < -0.4 is 5.32 Å². The lowest BCUT2D eigenvalue weighted by atomic mass is 10.1. The van der Waals surface area contributed by atoms with Gasteiger partial charge in [0, 0.05) is 36.3 Å². The van der Waals surface area contributed by atoms with Crippen molar-refractivity contribution >= 4 is 23.2 Å². The van der Waals surface area contributed by atoms with E-state index < -0.39 is 0 Å². The number of nitrogens with one attached hydrogen (secondary N) is 1. The fourth-order valence-corrected chi connectivity index (χ4v) is 3.07. The summed E-state index contributed by atoms with van der Waals surface area (Å²) >= 11 is 6.37. The molecule has 1 saturated heterocycles. The molecule has 5 heteroatoms. The van der Waals surface area contributed by atoms with Gasteiger partial charge in [0.1, 0.15) is 0 Å². The summed E-state index contributed by atoms with van der Waals surface area (Å²) in [7, 11) is 0. The van der Waals surface area contributed by atoms with Crippen molar-refractivity contribution in [3.05, 3.63) is 40.9 Å². The van der Waals surface area contributed by atoms with Gasteiger partial charge in [0.25, 0.3) is 0 Å². The van der Waals surface area contributed by atoms with Crippen LogP contribution in [0.3, 0.4) is 0 Å². The number of hydrogen-bond donors (Lipinski definition) is 1. The van der Waals surface area contributed by atoms with Crippen molar-refractivity contribution in [2.45, 2.75) is 19.4 Å². The first kappa shape index (κ1) is 15.5. The molecule has 0 bridgehead atoms. The van der Waals surface area contributed by atoms with E-state index in [0.717, 1.165) is 56.9 Å². The highest BCUT2D eigenvalue weighted by Gasteiger charge is 2.19. The van der Waals surface area contributed by atoms with Crippen LogP contribution in [0.25, 0.3) is 0 Å². The van der Waals surface area contributed by atoms with Crippen LogP contribution in [0.4, 0.5) is 5.69 Å². The number of carbonyl (C=O) groups excluding carboxylic acids is 1. The van der Waals surface area contributed by atoms with Crippen molar-refractivity contribution in [3.8, 4) is 0 Å². The molecule has 1 N–H and O–H groups in total. The predicted molar refractivity (Wildman–Crippen MR) is 88.0 cm³/mol. The summed E-state index contributed by atoms with van der Waals surface area (Å²) in [5.41, 5.74) is 1.86. The molecule has 3 rings (SSSR count). The zero-order chi connectivity index (χ0) is 15.4. The number of nitrogens with zero attached hydrogens (tertiary/aromatic N) is 1. The third kappa shape index (κ3) is 3.88. The molecule has 1 heterocycles. The number of anilines is 1. The van der Waals surface area contributed by atoms with Gasteiger partial charge in [0.2, 0.25) is 5.91 Å². The normalized spacial score (nSPS) is 19.5. The molecule has 0 spiro atoms. The topological polar surface area (TPSA) is 41.6 Å². The van der Waals surface area contributed by atoms with Gasteiger partial charge in [-0.15, -0.1) is 0 Å². The van der Waals surface area contributed by atoms with Gasteiger partial charge in [-0.1, -0.05) is 29.8 Å². The SMILES string of the molecule is O=C(Nc1ccc(CN2CCOCC2)c(Cl)c1)C1CC=CC1. The second kappa shape index (κ2) is 7.27. The number of halogens is 1. The van der Waals surface area contributed by atoms with Gasteiger partial charge >= 0.3 is 0 Å². The van der Waals surface area contributed by atoms with E-state index in [0.29, 0.717) is 5.02 Å². The van der Waals surface area contributed by atoms with E-state index in [1.807, 2.05) is 18.2 Å². The third-order valence-electron chi connectivity index (χ3n) is 4.20. The molecule has 1 aliphatic carbocycles. The average Bonchev–Trinajstić information content (AvgIpc) is 3.05. The molecule has 1 aliphatic heterocycles. The van der Waals surface area contributed by atoms with Crippen molar-refractivity contribution in [1.82, 2.24) is 4.90 Å². The Morgan fingerprint density at radius 1 is 1.27 bits per heavy atom. The van der Waals surface area contributed by atoms with Crippen molar-refractivity contribution in [2.24, 2.45) is 5.92 Å². The average molecular weight is 321 g/mol. The zero-order valence-corrected chi connectivity index (χ0v) is 13.3. The Morgan fingerprint density at radius 3 is 2.68 bits per heavy atom. The van der Waals surface area contributed by atoms with Crippen molar-refractivity contribution < 1.29 is 9.53 Å². The Balaban J connectivity index is 1.60. The van der Waals surface area contributed by atoms with E-state index in [1.165, 1.54) is 0 Å². The fourth-order valence-electron chi connectivity index (χ4n) is 2.83. The van der Waals surface area contributed by atoms with E-state index in [9.17, 15) is 4.79 Å². The van der Waals surface area contributed by atoms with Crippen LogP contribution in [0, 0.1) is 5.92 Å². The molecule has 22 heavy (non-hydrogen) atoms. The lowest BCUT2D eigenvalue weighted by Gasteiger charge is -2.27. The van der Waals surface area contributed by atoms with Crippen LogP contribution in [0.2, 0.25) is 5.02 Å². The first-order chi connectivity index (χ1) is 10.7. The maximum atomic E-state index is 12.1. The molecule has 1 amide bonds. The molecule has 2 aliphatic rings. The van der Waals surface area contributed by atoms with Gasteiger partial charge < -0.3 is 10.1 Å². The number of ether oxygens (including phenoxy) is 1. The van der Waals surface area contributed by atoms with Gasteiger partial charge in [-0.25, -0.2) is 0 Å². The molecule has 1 aromatic rings. The summed E-state index contributed by atoms with van der Waals surface area (Å²) < 4.78 is 5.35. The fraction of sp³-hybridized carbons (Fsp3) is 0.471. The Labute approximate surface area is 136 Å². The quantitative estimate of drug-likeness (QED) is 0.867. The standard InChI is InChI=1S/C17H21ClN2O2/c18-16-11-15(19-17(21)13-3-1-2-4-13)6-5-14(16)12-20-7-9-22-10-8-20/h1-2,5-6,11,13H,3-4,7-10,12H2,(H,19,21). The Morgan fingerprint density at radius 2 is 2.00 bits per heavy atom. The number of amides is 1. The maximum Gasteiger partial charge on any atom is 0.228 e. The highest BCUT2D eigenvalue weighted by molar-refractivity contribution is 6.31. The first-order valence-corrected chi connectivity index (χ1v) is 8.14. The molecule has 1 fully saturated rings. The summed E-state index contributed by atoms with van der Waals surface area (Å²) in [6.07, 6.45) is 5.77. The number of rotatable bonds is 4. The minimum atomic E-state index is 0.0619. The number of allylic oxidation sites excluding steroid dienone is 2. The van der Waals surface area contributed by atoms with Crippen molar-refractivity contribution in [3.63, 3.8) is 0 Å². The molecule has 0 saturated carbocycles. The van der Waals surface area contributed by atoms with E-state index in [1.54, 1.807) is 0 Å². The number of hydrogen-bond acceptors (Lipinski definition) is 3. The Hall–Kier alpha value is -1.36. The van der Waals surface area contributed by atoms with Gasteiger partial charge in [0.05, 0.1) is 13.2 Å². The van der Waals surface area contributed by atoms with Gasteiger partial charge in [-0.3, -0.25) is 9.69 Å². The summed E-state index contributed by atoms with van der Waals surface area (Å²) in [5.74, 6) is 0.133. The van der Waals surface area contributed by atoms with E-state index in [4.69, 9.17) is 16.3 Å². The molecule has 0 radical (unpaired) electrons. The number of morpholine rings is 1. The monoisotopic (exact) mass is 320 g/mol. The minimum Gasteiger partial charge on any atom is -0.379 e. The first-order valence-electron chi connectivity index (χ1n) is 7.77. The maximum absolute atomic E-state index is 12.1. The van der Waals surface area contributed by atoms with Crippen LogP contribution in [-0.2, 0) is 16.1 Å². The van der Waals surface area contributed by atoms with Gasteiger partial charge in [0.15, 0.2) is 0 Å².